The first-order valence-electron chi connectivity index (χ1n) is 6.70. The van der Waals surface area contributed by atoms with Gasteiger partial charge < -0.3 is 9.73 Å². The number of furan rings is 1. The molecular weight excluding hydrogens is 356 g/mol. The lowest BCUT2D eigenvalue weighted by atomic mass is 10.1. The predicted molar refractivity (Wildman–Crippen MR) is 72.1 cm³/mol. The average Bonchev–Trinajstić information content (AvgIpc) is 3.04. The van der Waals surface area contributed by atoms with Gasteiger partial charge in [0, 0.05) is 18.9 Å². The molecule has 0 aromatic carbocycles. The Labute approximate surface area is 137 Å². The van der Waals surface area contributed by atoms with Crippen molar-refractivity contribution in [1.82, 2.24) is 15.6 Å². The van der Waals surface area contributed by atoms with Crippen molar-refractivity contribution in [3.63, 3.8) is 0 Å². The van der Waals surface area contributed by atoms with Crippen molar-refractivity contribution in [3.05, 3.63) is 54.2 Å². The molecule has 5 nitrogen and oxygen atoms in total. The first kappa shape index (κ1) is 18.8. The number of nitrogens with zero attached hydrogens (tertiary/aromatic N) is 1. The number of halogens is 6. The van der Waals surface area contributed by atoms with Gasteiger partial charge in [0.2, 0.25) is 0 Å². The summed E-state index contributed by atoms with van der Waals surface area (Å²) in [6.07, 6.45) is -8.41. The van der Waals surface area contributed by atoms with Crippen molar-refractivity contribution in [2.24, 2.45) is 0 Å². The summed E-state index contributed by atoms with van der Waals surface area (Å²) >= 11 is 0. The van der Waals surface area contributed by atoms with Crippen molar-refractivity contribution in [1.29, 1.82) is 0 Å². The van der Waals surface area contributed by atoms with Crippen LogP contribution in [0.1, 0.15) is 16.1 Å². The minimum atomic E-state index is -5.88. The van der Waals surface area contributed by atoms with E-state index in [4.69, 9.17) is 0 Å². The van der Waals surface area contributed by atoms with Crippen LogP contribution in [0.15, 0.2) is 47.3 Å². The number of nitrogens with one attached hydrogen (secondary N) is 2. The maximum atomic E-state index is 13.3. The molecule has 0 unspecified atom stereocenters. The van der Waals surface area contributed by atoms with Gasteiger partial charge in [-0.15, -0.1) is 0 Å². The zero-order chi connectivity index (χ0) is 18.7. The number of pyridine rings is 1. The van der Waals surface area contributed by atoms with E-state index in [1.165, 1.54) is 23.6 Å². The van der Waals surface area contributed by atoms with E-state index in [-0.39, 0.29) is 5.56 Å². The fraction of sp³-hybridized carbons (Fsp3) is 0.286. The second kappa shape index (κ2) is 6.75. The molecule has 25 heavy (non-hydrogen) atoms. The quantitative estimate of drug-likeness (QED) is 0.630. The summed E-state index contributed by atoms with van der Waals surface area (Å²) < 4.78 is 84.5. The Balaban J connectivity index is 2.36. The van der Waals surface area contributed by atoms with E-state index >= 15 is 0 Å². The number of amides is 1. The van der Waals surface area contributed by atoms with E-state index in [0.717, 1.165) is 29.9 Å². The molecule has 2 rings (SSSR count). The third kappa shape index (κ3) is 3.92. The molecule has 2 aromatic rings. The zero-order valence-corrected chi connectivity index (χ0v) is 12.3. The minimum Gasteiger partial charge on any atom is -0.459 e. The smallest absolute Gasteiger partial charge is 0.434 e. The maximum absolute atomic E-state index is 13.3. The Morgan fingerprint density at radius 3 is 2.24 bits per heavy atom. The molecule has 0 atom stereocenters. The molecule has 0 aliphatic heterocycles. The summed E-state index contributed by atoms with van der Waals surface area (Å²) in [5.74, 6) is -2.36. The number of alkyl halides is 6. The molecule has 0 aliphatic carbocycles. The predicted octanol–water partition coefficient (Wildman–Crippen LogP) is 3.02. The standard InChI is InChI=1S/C14H11F6N3O2/c15-13(16,17)12(14(18,19)20,22-8-9-3-1-5-21-7-9)23-11(24)10-4-2-6-25-10/h1-7,22H,8H2,(H,23,24). The van der Waals surface area contributed by atoms with Crippen LogP contribution in [0.4, 0.5) is 26.3 Å². The van der Waals surface area contributed by atoms with E-state index in [1.807, 2.05) is 0 Å². The zero-order valence-electron chi connectivity index (χ0n) is 12.3. The first-order chi connectivity index (χ1) is 11.6. The molecule has 0 fully saturated rings. The summed E-state index contributed by atoms with van der Waals surface area (Å²) in [5.41, 5.74) is -4.60. The number of carbonyl (C=O) groups excluding carboxylic acids is 1. The molecule has 0 aliphatic rings. The van der Waals surface area contributed by atoms with Gasteiger partial charge in [0.1, 0.15) is 0 Å². The highest BCUT2D eigenvalue weighted by atomic mass is 19.4. The van der Waals surface area contributed by atoms with Crippen molar-refractivity contribution in [2.75, 3.05) is 0 Å². The van der Waals surface area contributed by atoms with Crippen LogP contribution in [0.3, 0.4) is 0 Å². The Bertz CT molecular complexity index is 684. The number of rotatable bonds is 5. The number of hydrogen-bond donors (Lipinski definition) is 2. The summed E-state index contributed by atoms with van der Waals surface area (Å²) in [6.45, 7) is -0.842. The van der Waals surface area contributed by atoms with Gasteiger partial charge in [-0.3, -0.25) is 15.1 Å². The highest BCUT2D eigenvalue weighted by Gasteiger charge is 2.72. The topological polar surface area (TPSA) is 67.2 Å². The van der Waals surface area contributed by atoms with Gasteiger partial charge in [-0.05, 0) is 23.8 Å². The van der Waals surface area contributed by atoms with Crippen molar-refractivity contribution in [2.45, 2.75) is 24.6 Å². The SMILES string of the molecule is O=C(NC(NCc1cccnc1)(C(F)(F)F)C(F)(F)F)c1ccco1. The minimum absolute atomic E-state index is 0.0626. The molecular formula is C14H11F6N3O2. The molecule has 11 heteroatoms. The molecule has 2 heterocycles. The summed E-state index contributed by atoms with van der Waals surface area (Å²) in [5, 5.41) is 2.33. The average molecular weight is 367 g/mol. The van der Waals surface area contributed by atoms with Crippen molar-refractivity contribution in [3.8, 4) is 0 Å². The molecule has 0 saturated carbocycles. The van der Waals surface area contributed by atoms with Crippen LogP contribution in [0, 0.1) is 0 Å². The number of aromatic nitrogens is 1. The Kier molecular flexibility index (Phi) is 5.07. The highest BCUT2D eigenvalue weighted by Crippen LogP contribution is 2.41. The van der Waals surface area contributed by atoms with E-state index in [1.54, 1.807) is 0 Å². The summed E-state index contributed by atoms with van der Waals surface area (Å²) in [7, 11) is 0. The van der Waals surface area contributed by atoms with E-state index in [9.17, 15) is 31.1 Å². The lowest BCUT2D eigenvalue weighted by Gasteiger charge is -2.38. The fourth-order valence-corrected chi connectivity index (χ4v) is 1.92. The molecule has 0 saturated heterocycles. The van der Waals surface area contributed by atoms with Gasteiger partial charge in [0.15, 0.2) is 5.76 Å². The van der Waals surface area contributed by atoms with Crippen LogP contribution in [0.25, 0.3) is 0 Å². The van der Waals surface area contributed by atoms with E-state index in [0.29, 0.717) is 0 Å². The molecule has 0 bridgehead atoms. The molecule has 0 radical (unpaired) electrons. The Morgan fingerprint density at radius 1 is 1.08 bits per heavy atom. The van der Waals surface area contributed by atoms with Crippen LogP contribution < -0.4 is 10.6 Å². The van der Waals surface area contributed by atoms with Crippen LogP contribution in [0.5, 0.6) is 0 Å². The normalized spacial score (nSPS) is 12.9. The fourth-order valence-electron chi connectivity index (χ4n) is 1.92. The van der Waals surface area contributed by atoms with Gasteiger partial charge in [-0.2, -0.15) is 26.3 Å². The van der Waals surface area contributed by atoms with E-state index in [2.05, 4.69) is 9.40 Å². The van der Waals surface area contributed by atoms with Gasteiger partial charge in [-0.1, -0.05) is 6.07 Å². The van der Waals surface area contributed by atoms with Gasteiger partial charge in [-0.25, -0.2) is 0 Å². The summed E-state index contributed by atoms with van der Waals surface area (Å²) in [6, 6.07) is 4.72. The number of hydrogen-bond acceptors (Lipinski definition) is 4. The van der Waals surface area contributed by atoms with Gasteiger partial charge in [0.05, 0.1) is 6.26 Å². The first-order valence-corrected chi connectivity index (χ1v) is 6.70. The number of carbonyl (C=O) groups is 1. The molecule has 136 valence electrons. The second-order valence-corrected chi connectivity index (χ2v) is 4.89. The van der Waals surface area contributed by atoms with Crippen LogP contribution in [-0.2, 0) is 6.54 Å². The summed E-state index contributed by atoms with van der Waals surface area (Å²) in [4.78, 5) is 15.4. The lowest BCUT2D eigenvalue weighted by Crippen LogP contribution is -2.75. The van der Waals surface area contributed by atoms with Crippen LogP contribution in [-0.4, -0.2) is 28.9 Å². The van der Waals surface area contributed by atoms with Crippen LogP contribution in [0.2, 0.25) is 0 Å². The molecule has 1 amide bonds. The third-order valence-electron chi connectivity index (χ3n) is 3.18. The van der Waals surface area contributed by atoms with E-state index < -0.39 is 36.2 Å². The van der Waals surface area contributed by atoms with Crippen molar-refractivity contribution >= 4 is 5.91 Å². The Hall–Kier alpha value is -2.56. The van der Waals surface area contributed by atoms with Crippen molar-refractivity contribution < 1.29 is 35.6 Å². The second-order valence-electron chi connectivity index (χ2n) is 4.89. The monoisotopic (exact) mass is 367 g/mol. The van der Waals surface area contributed by atoms with Crippen LogP contribution >= 0.6 is 0 Å². The molecule has 2 aromatic heterocycles. The third-order valence-corrected chi connectivity index (χ3v) is 3.18. The lowest BCUT2D eigenvalue weighted by molar-refractivity contribution is -0.314. The maximum Gasteiger partial charge on any atom is 0.434 e. The largest absolute Gasteiger partial charge is 0.459 e. The highest BCUT2D eigenvalue weighted by molar-refractivity contribution is 5.92. The van der Waals surface area contributed by atoms with Gasteiger partial charge >= 0.3 is 12.4 Å². The molecule has 2 N–H and O–H groups in total. The Morgan fingerprint density at radius 2 is 1.76 bits per heavy atom. The molecule has 0 spiro atoms. The van der Waals surface area contributed by atoms with Gasteiger partial charge in [0.25, 0.3) is 11.6 Å².